The molecule has 0 aromatic carbocycles. The summed E-state index contributed by atoms with van der Waals surface area (Å²) in [6.07, 6.45) is 4.56. The number of hydrogen-bond donors (Lipinski definition) is 0. The molecule has 3 heteroatoms. The summed E-state index contributed by atoms with van der Waals surface area (Å²) in [6.45, 7) is 2.27. The Kier molecular flexibility index (Phi) is 3.15. The molecular weight excluding hydrogens is 208 g/mol. The molecule has 1 aliphatic rings. The summed E-state index contributed by atoms with van der Waals surface area (Å²) in [5.74, 6) is 2.45. The number of nitrogens with zero attached hydrogens (tertiary/aromatic N) is 2. The highest BCUT2D eigenvalue weighted by molar-refractivity contribution is 6.17. The van der Waals surface area contributed by atoms with E-state index in [4.69, 9.17) is 11.6 Å². The van der Waals surface area contributed by atoms with Gasteiger partial charge in [0.2, 0.25) is 0 Å². The Bertz CT molecular complexity index is 336. The highest BCUT2D eigenvalue weighted by Crippen LogP contribution is 2.35. The lowest BCUT2D eigenvalue weighted by Crippen LogP contribution is -2.31. The molecule has 2 rings (SSSR count). The van der Waals surface area contributed by atoms with Crippen LogP contribution in [0.2, 0.25) is 0 Å². The molecule has 0 radical (unpaired) electrons. The lowest BCUT2D eigenvalue weighted by Gasteiger charge is -2.26. The van der Waals surface area contributed by atoms with E-state index in [0.717, 1.165) is 17.3 Å². The quantitative estimate of drug-likeness (QED) is 0.731. The minimum Gasteiger partial charge on any atom is -0.357 e. The maximum absolute atomic E-state index is 5.81. The highest BCUT2D eigenvalue weighted by Gasteiger charge is 2.30. The summed E-state index contributed by atoms with van der Waals surface area (Å²) in [6, 6.07) is 4.63. The van der Waals surface area contributed by atoms with Crippen molar-refractivity contribution in [3.63, 3.8) is 0 Å². The maximum atomic E-state index is 5.81. The molecule has 1 atom stereocenters. The Hall–Kier alpha value is -0.760. The lowest BCUT2D eigenvalue weighted by atomic mass is 10.2. The molecule has 0 saturated heterocycles. The van der Waals surface area contributed by atoms with Crippen LogP contribution in [0.25, 0.3) is 0 Å². The molecule has 1 heterocycles. The van der Waals surface area contributed by atoms with E-state index in [-0.39, 0.29) is 0 Å². The van der Waals surface area contributed by atoms with Crippen molar-refractivity contribution in [3.05, 3.63) is 23.9 Å². The van der Waals surface area contributed by atoms with Gasteiger partial charge in [-0.15, -0.1) is 11.6 Å². The third kappa shape index (κ3) is 2.43. The molecule has 2 nitrogen and oxygen atoms in total. The van der Waals surface area contributed by atoms with E-state index in [1.165, 1.54) is 12.8 Å². The second-order valence-corrected chi connectivity index (χ2v) is 4.61. The van der Waals surface area contributed by atoms with Gasteiger partial charge in [0.25, 0.3) is 0 Å². The molecule has 1 fully saturated rings. The molecule has 1 aromatic rings. The summed E-state index contributed by atoms with van der Waals surface area (Å²) >= 11 is 5.81. The molecule has 0 aliphatic heterocycles. The molecule has 15 heavy (non-hydrogen) atoms. The van der Waals surface area contributed by atoms with Crippen molar-refractivity contribution < 1.29 is 0 Å². The molecule has 0 amide bonds. The number of alkyl halides is 1. The van der Waals surface area contributed by atoms with E-state index in [9.17, 15) is 0 Å². The fourth-order valence-corrected chi connectivity index (χ4v) is 2.01. The van der Waals surface area contributed by atoms with Crippen LogP contribution < -0.4 is 4.90 Å². The first-order chi connectivity index (χ1) is 7.22. The van der Waals surface area contributed by atoms with Crippen molar-refractivity contribution in [1.82, 2.24) is 4.98 Å². The summed E-state index contributed by atoms with van der Waals surface area (Å²) in [5.41, 5.74) is 1.14. The summed E-state index contributed by atoms with van der Waals surface area (Å²) in [5, 5.41) is 0. The third-order valence-electron chi connectivity index (χ3n) is 3.24. The fraction of sp³-hybridized carbons (Fsp3) is 0.583. The average Bonchev–Trinajstić information content (AvgIpc) is 3.11. The predicted octanol–water partition coefficient (Wildman–Crippen LogP) is 3.06. The van der Waals surface area contributed by atoms with Crippen molar-refractivity contribution in [1.29, 1.82) is 0 Å². The van der Waals surface area contributed by atoms with Gasteiger partial charge in [0.15, 0.2) is 0 Å². The third-order valence-corrected chi connectivity index (χ3v) is 3.55. The minimum absolute atomic E-state index is 0.557. The van der Waals surface area contributed by atoms with Crippen LogP contribution in [0.1, 0.15) is 25.3 Å². The molecule has 1 aliphatic carbocycles. The number of hydrogen-bond acceptors (Lipinski definition) is 2. The summed E-state index contributed by atoms with van der Waals surface area (Å²) in [7, 11) is 2.11. The molecule has 1 unspecified atom stereocenters. The number of pyridine rings is 1. The molecule has 0 bridgehead atoms. The largest absolute Gasteiger partial charge is 0.357 e. The van der Waals surface area contributed by atoms with Crippen LogP contribution in [-0.2, 0) is 5.88 Å². The zero-order valence-electron chi connectivity index (χ0n) is 9.28. The van der Waals surface area contributed by atoms with E-state index in [2.05, 4.69) is 29.9 Å². The van der Waals surface area contributed by atoms with E-state index in [1.807, 2.05) is 12.3 Å². The number of halogens is 1. The second kappa shape index (κ2) is 4.40. The van der Waals surface area contributed by atoms with E-state index < -0.39 is 0 Å². The molecule has 0 spiro atoms. The van der Waals surface area contributed by atoms with Gasteiger partial charge < -0.3 is 4.90 Å². The second-order valence-electron chi connectivity index (χ2n) is 4.34. The summed E-state index contributed by atoms with van der Waals surface area (Å²) in [4.78, 5) is 6.64. The Morgan fingerprint density at radius 1 is 1.60 bits per heavy atom. The normalized spacial score (nSPS) is 17.5. The van der Waals surface area contributed by atoms with Crippen molar-refractivity contribution in [2.24, 2.45) is 5.92 Å². The van der Waals surface area contributed by atoms with Gasteiger partial charge in [-0.3, -0.25) is 0 Å². The van der Waals surface area contributed by atoms with Crippen LogP contribution in [0, 0.1) is 5.92 Å². The van der Waals surface area contributed by atoms with Gasteiger partial charge in [-0.25, -0.2) is 4.98 Å². The van der Waals surface area contributed by atoms with Crippen LogP contribution in [0.5, 0.6) is 0 Å². The number of anilines is 1. The Morgan fingerprint density at radius 3 is 2.93 bits per heavy atom. The Morgan fingerprint density at radius 2 is 2.33 bits per heavy atom. The van der Waals surface area contributed by atoms with E-state index in [1.54, 1.807) is 0 Å². The standard InChI is InChI=1S/C12H17ClN2/c1-9(11-3-4-11)15(2)12-7-10(8-13)5-6-14-12/h5-7,9,11H,3-4,8H2,1-2H3. The van der Waals surface area contributed by atoms with Crippen LogP contribution >= 0.6 is 11.6 Å². The molecular formula is C12H17ClN2. The zero-order chi connectivity index (χ0) is 10.8. The average molecular weight is 225 g/mol. The van der Waals surface area contributed by atoms with Gasteiger partial charge in [-0.05, 0) is 43.4 Å². The van der Waals surface area contributed by atoms with E-state index >= 15 is 0 Å². The van der Waals surface area contributed by atoms with Gasteiger partial charge in [0, 0.05) is 25.2 Å². The number of rotatable bonds is 4. The van der Waals surface area contributed by atoms with Gasteiger partial charge in [0.05, 0.1) is 0 Å². The van der Waals surface area contributed by atoms with Crippen molar-refractivity contribution in [2.75, 3.05) is 11.9 Å². The first-order valence-corrected chi connectivity index (χ1v) is 5.99. The van der Waals surface area contributed by atoms with E-state index in [0.29, 0.717) is 11.9 Å². The first-order valence-electron chi connectivity index (χ1n) is 5.46. The van der Waals surface area contributed by atoms with Gasteiger partial charge in [-0.2, -0.15) is 0 Å². The smallest absolute Gasteiger partial charge is 0.128 e. The molecule has 1 saturated carbocycles. The monoisotopic (exact) mass is 224 g/mol. The van der Waals surface area contributed by atoms with Crippen molar-refractivity contribution in [2.45, 2.75) is 31.7 Å². The number of aromatic nitrogens is 1. The van der Waals surface area contributed by atoms with Crippen LogP contribution in [0.3, 0.4) is 0 Å². The fourth-order valence-electron chi connectivity index (χ4n) is 1.84. The van der Waals surface area contributed by atoms with Gasteiger partial charge in [0.1, 0.15) is 5.82 Å². The summed E-state index contributed by atoms with van der Waals surface area (Å²) < 4.78 is 0. The SMILES string of the molecule is CC(C1CC1)N(C)c1cc(CCl)ccn1. The van der Waals surface area contributed by atoms with Crippen LogP contribution in [0.4, 0.5) is 5.82 Å². The lowest BCUT2D eigenvalue weighted by molar-refractivity contribution is 0.604. The Balaban J connectivity index is 2.12. The zero-order valence-corrected chi connectivity index (χ0v) is 10.0. The van der Waals surface area contributed by atoms with Gasteiger partial charge >= 0.3 is 0 Å². The predicted molar refractivity (Wildman–Crippen MR) is 64.4 cm³/mol. The van der Waals surface area contributed by atoms with Gasteiger partial charge in [-0.1, -0.05) is 0 Å². The van der Waals surface area contributed by atoms with Crippen LogP contribution in [-0.4, -0.2) is 18.1 Å². The Labute approximate surface area is 96.3 Å². The van der Waals surface area contributed by atoms with Crippen molar-refractivity contribution in [3.8, 4) is 0 Å². The molecule has 1 aromatic heterocycles. The highest BCUT2D eigenvalue weighted by atomic mass is 35.5. The van der Waals surface area contributed by atoms with Crippen molar-refractivity contribution >= 4 is 17.4 Å². The van der Waals surface area contributed by atoms with Crippen LogP contribution in [0.15, 0.2) is 18.3 Å². The topological polar surface area (TPSA) is 16.1 Å². The minimum atomic E-state index is 0.557. The molecule has 82 valence electrons. The molecule has 0 N–H and O–H groups in total. The maximum Gasteiger partial charge on any atom is 0.128 e. The first kappa shape index (κ1) is 10.7.